The van der Waals surface area contributed by atoms with Crippen molar-refractivity contribution in [2.24, 2.45) is 12.0 Å². The fraction of sp³-hybridized carbons (Fsp3) is 0.318. The summed E-state index contributed by atoms with van der Waals surface area (Å²) in [6, 6.07) is 12.7. The van der Waals surface area contributed by atoms with Gasteiger partial charge in [-0.15, -0.1) is 10.2 Å². The van der Waals surface area contributed by atoms with Crippen LogP contribution in [0.3, 0.4) is 0 Å². The molecule has 7 nitrogen and oxygen atoms in total. The predicted molar refractivity (Wildman–Crippen MR) is 115 cm³/mol. The molecule has 2 aromatic carbocycles. The van der Waals surface area contributed by atoms with Gasteiger partial charge >= 0.3 is 6.18 Å². The SMILES string of the molecule is COc1ccc(CNC(=NCc2cccc(C(F)(F)F)c2)NCc2nnc(C)n2C)cc1. The molecule has 10 heteroatoms. The number of guanidine groups is 1. The highest BCUT2D eigenvalue weighted by molar-refractivity contribution is 5.79. The Hall–Kier alpha value is -3.56. The molecule has 0 saturated heterocycles. The van der Waals surface area contributed by atoms with Crippen LogP contribution in [0, 0.1) is 6.92 Å². The maximum absolute atomic E-state index is 13.0. The van der Waals surface area contributed by atoms with Gasteiger partial charge in [-0.3, -0.25) is 0 Å². The van der Waals surface area contributed by atoms with Crippen molar-refractivity contribution >= 4 is 5.96 Å². The lowest BCUT2D eigenvalue weighted by Crippen LogP contribution is -2.37. The van der Waals surface area contributed by atoms with Crippen molar-refractivity contribution in [3.05, 3.63) is 76.9 Å². The number of aliphatic imine (C=N–C) groups is 1. The number of alkyl halides is 3. The second-order valence-corrected chi connectivity index (χ2v) is 7.14. The molecule has 170 valence electrons. The average molecular weight is 446 g/mol. The van der Waals surface area contributed by atoms with E-state index in [1.54, 1.807) is 13.2 Å². The number of aromatic nitrogens is 3. The van der Waals surface area contributed by atoms with Crippen LogP contribution in [0.2, 0.25) is 0 Å². The molecule has 0 atom stereocenters. The Kier molecular flexibility index (Phi) is 7.34. The summed E-state index contributed by atoms with van der Waals surface area (Å²) in [5.74, 6) is 2.68. The standard InChI is InChI=1S/C22H25F3N6O/c1-15-29-30-20(31(15)2)14-28-21(26-12-16-7-9-19(32-3)10-8-16)27-13-17-5-4-6-18(11-17)22(23,24)25/h4-11H,12-14H2,1-3H3,(H2,26,27,28). The molecule has 0 aliphatic heterocycles. The molecular formula is C22H25F3N6O. The van der Waals surface area contributed by atoms with E-state index in [4.69, 9.17) is 4.74 Å². The predicted octanol–water partition coefficient (Wildman–Crippen LogP) is 3.59. The molecule has 0 fully saturated rings. The number of methoxy groups -OCH3 is 1. The monoisotopic (exact) mass is 446 g/mol. The summed E-state index contributed by atoms with van der Waals surface area (Å²) >= 11 is 0. The van der Waals surface area contributed by atoms with Gasteiger partial charge in [-0.05, 0) is 42.3 Å². The molecular weight excluding hydrogens is 421 g/mol. The van der Waals surface area contributed by atoms with Crippen LogP contribution >= 0.6 is 0 Å². The second kappa shape index (κ2) is 10.2. The highest BCUT2D eigenvalue weighted by Gasteiger charge is 2.30. The van der Waals surface area contributed by atoms with E-state index in [9.17, 15) is 13.2 Å². The summed E-state index contributed by atoms with van der Waals surface area (Å²) < 4.78 is 46.0. The number of halogens is 3. The first kappa shape index (κ1) is 23.1. The van der Waals surface area contributed by atoms with Crippen LogP contribution in [-0.2, 0) is 32.9 Å². The summed E-state index contributed by atoms with van der Waals surface area (Å²) in [4.78, 5) is 4.46. The average Bonchev–Trinajstić information content (AvgIpc) is 3.10. The molecule has 1 heterocycles. The first-order chi connectivity index (χ1) is 15.3. The lowest BCUT2D eigenvalue weighted by molar-refractivity contribution is -0.137. The van der Waals surface area contributed by atoms with Crippen molar-refractivity contribution in [3.63, 3.8) is 0 Å². The van der Waals surface area contributed by atoms with E-state index in [0.29, 0.717) is 30.4 Å². The molecule has 0 aliphatic carbocycles. The quantitative estimate of drug-likeness (QED) is 0.429. The molecule has 2 N–H and O–H groups in total. The van der Waals surface area contributed by atoms with Crippen molar-refractivity contribution in [1.82, 2.24) is 25.4 Å². The fourth-order valence-electron chi connectivity index (χ4n) is 2.89. The van der Waals surface area contributed by atoms with Crippen LogP contribution < -0.4 is 15.4 Å². The minimum Gasteiger partial charge on any atom is -0.497 e. The van der Waals surface area contributed by atoms with Crippen molar-refractivity contribution in [3.8, 4) is 5.75 Å². The molecule has 0 spiro atoms. The smallest absolute Gasteiger partial charge is 0.416 e. The molecule has 0 unspecified atom stereocenters. The highest BCUT2D eigenvalue weighted by atomic mass is 19.4. The summed E-state index contributed by atoms with van der Waals surface area (Å²) in [5.41, 5.74) is 0.759. The van der Waals surface area contributed by atoms with Gasteiger partial charge in [0.15, 0.2) is 11.8 Å². The lowest BCUT2D eigenvalue weighted by atomic mass is 10.1. The minimum atomic E-state index is -4.39. The van der Waals surface area contributed by atoms with Gasteiger partial charge in [-0.25, -0.2) is 4.99 Å². The molecule has 0 bridgehead atoms. The number of nitrogens with zero attached hydrogens (tertiary/aromatic N) is 4. The molecule has 3 rings (SSSR count). The van der Waals surface area contributed by atoms with E-state index < -0.39 is 11.7 Å². The molecule has 0 radical (unpaired) electrons. The third kappa shape index (κ3) is 6.22. The Balaban J connectivity index is 1.73. The van der Waals surface area contributed by atoms with Crippen LogP contribution in [0.4, 0.5) is 13.2 Å². The maximum Gasteiger partial charge on any atom is 0.416 e. The van der Waals surface area contributed by atoms with E-state index in [1.165, 1.54) is 6.07 Å². The molecule has 3 aromatic rings. The summed E-state index contributed by atoms with van der Waals surface area (Å²) in [5, 5.41) is 14.5. The topological polar surface area (TPSA) is 76.4 Å². The van der Waals surface area contributed by atoms with Gasteiger partial charge in [0.2, 0.25) is 0 Å². The van der Waals surface area contributed by atoms with Crippen LogP contribution in [-0.4, -0.2) is 27.8 Å². The van der Waals surface area contributed by atoms with E-state index in [2.05, 4.69) is 25.8 Å². The molecule has 0 saturated carbocycles. The summed E-state index contributed by atoms with van der Waals surface area (Å²) in [6.45, 7) is 2.76. The third-order valence-corrected chi connectivity index (χ3v) is 4.89. The van der Waals surface area contributed by atoms with Crippen LogP contribution in [0.1, 0.15) is 28.3 Å². The Morgan fingerprint density at radius 3 is 2.38 bits per heavy atom. The third-order valence-electron chi connectivity index (χ3n) is 4.89. The van der Waals surface area contributed by atoms with Gasteiger partial charge in [0, 0.05) is 13.6 Å². The van der Waals surface area contributed by atoms with Crippen molar-refractivity contribution < 1.29 is 17.9 Å². The van der Waals surface area contributed by atoms with Gasteiger partial charge in [0.05, 0.1) is 25.8 Å². The van der Waals surface area contributed by atoms with Gasteiger partial charge < -0.3 is 19.9 Å². The fourth-order valence-corrected chi connectivity index (χ4v) is 2.89. The molecule has 0 amide bonds. The number of hydrogen-bond donors (Lipinski definition) is 2. The number of benzene rings is 2. The highest BCUT2D eigenvalue weighted by Crippen LogP contribution is 2.29. The van der Waals surface area contributed by atoms with E-state index in [1.807, 2.05) is 42.8 Å². The van der Waals surface area contributed by atoms with E-state index in [-0.39, 0.29) is 6.54 Å². The largest absolute Gasteiger partial charge is 0.497 e. The number of aryl methyl sites for hydroxylation is 1. The first-order valence-corrected chi connectivity index (χ1v) is 9.92. The van der Waals surface area contributed by atoms with Crippen LogP contribution in [0.15, 0.2) is 53.5 Å². The molecule has 0 aliphatic rings. The minimum absolute atomic E-state index is 0.0830. The maximum atomic E-state index is 13.0. The Morgan fingerprint density at radius 2 is 1.75 bits per heavy atom. The van der Waals surface area contributed by atoms with Crippen LogP contribution in [0.5, 0.6) is 5.75 Å². The van der Waals surface area contributed by atoms with Crippen molar-refractivity contribution in [2.75, 3.05) is 7.11 Å². The Morgan fingerprint density at radius 1 is 1.03 bits per heavy atom. The first-order valence-electron chi connectivity index (χ1n) is 9.92. The number of nitrogens with one attached hydrogen (secondary N) is 2. The van der Waals surface area contributed by atoms with Gasteiger partial charge in [0.25, 0.3) is 0 Å². The van der Waals surface area contributed by atoms with Gasteiger partial charge in [-0.2, -0.15) is 13.2 Å². The van der Waals surface area contributed by atoms with Crippen LogP contribution in [0.25, 0.3) is 0 Å². The Bertz CT molecular complexity index is 1060. The van der Waals surface area contributed by atoms with E-state index >= 15 is 0 Å². The number of hydrogen-bond acceptors (Lipinski definition) is 4. The number of rotatable bonds is 7. The zero-order valence-corrected chi connectivity index (χ0v) is 18.1. The summed E-state index contributed by atoms with van der Waals surface area (Å²) in [7, 11) is 3.46. The second-order valence-electron chi connectivity index (χ2n) is 7.14. The van der Waals surface area contributed by atoms with Crippen molar-refractivity contribution in [1.29, 1.82) is 0 Å². The summed E-state index contributed by atoms with van der Waals surface area (Å²) in [6.07, 6.45) is -4.39. The zero-order chi connectivity index (χ0) is 23.1. The van der Waals surface area contributed by atoms with Gasteiger partial charge in [0.1, 0.15) is 11.6 Å². The molecule has 1 aromatic heterocycles. The number of ether oxygens (including phenoxy) is 1. The van der Waals surface area contributed by atoms with Gasteiger partial charge in [-0.1, -0.05) is 24.3 Å². The normalized spacial score (nSPS) is 12.0. The lowest BCUT2D eigenvalue weighted by Gasteiger charge is -2.13. The molecule has 32 heavy (non-hydrogen) atoms. The van der Waals surface area contributed by atoms with E-state index in [0.717, 1.165) is 29.3 Å². The zero-order valence-electron chi connectivity index (χ0n) is 18.1. The Labute approximate surface area is 184 Å². The van der Waals surface area contributed by atoms with Crippen molar-refractivity contribution in [2.45, 2.75) is 32.7 Å².